The molecule has 5 nitrogen and oxygen atoms in total. The average molecular weight is 314 g/mol. The third-order valence-corrected chi connectivity index (χ3v) is 4.30. The first-order valence-electron chi connectivity index (χ1n) is 7.10. The molecule has 2 aromatic heterocycles. The molecule has 6 heteroatoms. The fraction of sp³-hybridized carbons (Fsp3) is 0.250. The molecule has 0 amide bonds. The Morgan fingerprint density at radius 1 is 1.18 bits per heavy atom. The third-order valence-electron chi connectivity index (χ3n) is 3.40. The van der Waals surface area contributed by atoms with Crippen molar-refractivity contribution in [2.24, 2.45) is 0 Å². The largest absolute Gasteiger partial charge is 0.497 e. The van der Waals surface area contributed by atoms with E-state index >= 15 is 0 Å². The Labute approximate surface area is 133 Å². The Kier molecular flexibility index (Phi) is 4.11. The maximum absolute atomic E-state index is 5.21. The van der Waals surface area contributed by atoms with Crippen molar-refractivity contribution < 1.29 is 4.74 Å². The molecule has 1 aromatic carbocycles. The summed E-state index contributed by atoms with van der Waals surface area (Å²) in [5.41, 5.74) is 2.02. The van der Waals surface area contributed by atoms with Gasteiger partial charge in [0, 0.05) is 19.3 Å². The first kappa shape index (κ1) is 14.6. The second-order valence-corrected chi connectivity index (χ2v) is 5.71. The van der Waals surface area contributed by atoms with E-state index in [0.717, 1.165) is 34.0 Å². The van der Waals surface area contributed by atoms with E-state index in [1.807, 2.05) is 49.7 Å². The Balaban J connectivity index is 2.04. The monoisotopic (exact) mass is 314 g/mol. The highest BCUT2D eigenvalue weighted by molar-refractivity contribution is 7.17. The second kappa shape index (κ2) is 6.19. The van der Waals surface area contributed by atoms with E-state index in [1.54, 1.807) is 18.4 Å². The Bertz CT molecular complexity index is 769. The number of nitrogens with one attached hydrogen (secondary N) is 1. The van der Waals surface area contributed by atoms with E-state index in [0.29, 0.717) is 5.95 Å². The molecule has 0 bridgehead atoms. The summed E-state index contributed by atoms with van der Waals surface area (Å²) in [7, 11) is 3.68. The van der Waals surface area contributed by atoms with Gasteiger partial charge < -0.3 is 15.0 Å². The van der Waals surface area contributed by atoms with Crippen molar-refractivity contribution >= 4 is 39.0 Å². The molecule has 0 aliphatic carbocycles. The molecule has 3 rings (SSSR count). The van der Waals surface area contributed by atoms with Crippen LogP contribution in [0.2, 0.25) is 0 Å². The minimum absolute atomic E-state index is 0.656. The summed E-state index contributed by atoms with van der Waals surface area (Å²) in [6.07, 6.45) is 0. The molecule has 0 saturated heterocycles. The van der Waals surface area contributed by atoms with Crippen LogP contribution in [0.15, 0.2) is 35.7 Å². The summed E-state index contributed by atoms with van der Waals surface area (Å²) in [6, 6.07) is 9.96. The van der Waals surface area contributed by atoms with Gasteiger partial charge in [0.15, 0.2) is 5.82 Å². The lowest BCUT2D eigenvalue weighted by molar-refractivity contribution is 0.415. The highest BCUT2D eigenvalue weighted by atomic mass is 32.1. The van der Waals surface area contributed by atoms with Crippen LogP contribution in [0.25, 0.3) is 10.2 Å². The molecule has 3 aromatic rings. The van der Waals surface area contributed by atoms with E-state index in [2.05, 4.69) is 20.2 Å². The van der Waals surface area contributed by atoms with Crippen molar-refractivity contribution in [3.63, 3.8) is 0 Å². The van der Waals surface area contributed by atoms with Crippen molar-refractivity contribution in [3.8, 4) is 5.75 Å². The summed E-state index contributed by atoms with van der Waals surface area (Å²) in [4.78, 5) is 11.3. The highest BCUT2D eigenvalue weighted by Crippen LogP contribution is 2.33. The van der Waals surface area contributed by atoms with Crippen LogP contribution in [0.5, 0.6) is 5.75 Å². The molecule has 0 unspecified atom stereocenters. The number of anilines is 3. The number of aromatic nitrogens is 2. The van der Waals surface area contributed by atoms with Crippen LogP contribution < -0.4 is 15.0 Å². The van der Waals surface area contributed by atoms with Crippen LogP contribution in [0, 0.1) is 0 Å². The van der Waals surface area contributed by atoms with Gasteiger partial charge in [-0.15, -0.1) is 11.3 Å². The third kappa shape index (κ3) is 2.69. The standard InChI is InChI=1S/C16H18N4OS/c1-4-17-16-18-13-9-10-22-14(13)15(19-16)20(2)11-5-7-12(21-3)8-6-11/h5-10H,4H2,1-3H3,(H,17,18,19). The number of hydrogen-bond acceptors (Lipinski definition) is 6. The number of ether oxygens (including phenoxy) is 1. The van der Waals surface area contributed by atoms with Crippen LogP contribution in [-0.4, -0.2) is 30.7 Å². The van der Waals surface area contributed by atoms with E-state index < -0.39 is 0 Å². The van der Waals surface area contributed by atoms with Gasteiger partial charge in [-0.2, -0.15) is 4.98 Å². The van der Waals surface area contributed by atoms with Gasteiger partial charge in [0.1, 0.15) is 5.75 Å². The average Bonchev–Trinajstić information content (AvgIpc) is 3.02. The fourth-order valence-corrected chi connectivity index (χ4v) is 3.10. The number of thiophene rings is 1. The zero-order chi connectivity index (χ0) is 15.5. The maximum Gasteiger partial charge on any atom is 0.225 e. The molecule has 114 valence electrons. The van der Waals surface area contributed by atoms with Crippen molar-refractivity contribution in [1.82, 2.24) is 9.97 Å². The van der Waals surface area contributed by atoms with Gasteiger partial charge in [-0.3, -0.25) is 0 Å². The predicted octanol–water partition coefficient (Wildman–Crippen LogP) is 3.90. The summed E-state index contributed by atoms with van der Waals surface area (Å²) < 4.78 is 6.29. The van der Waals surface area contributed by atoms with Gasteiger partial charge >= 0.3 is 0 Å². The minimum atomic E-state index is 0.656. The van der Waals surface area contributed by atoms with Gasteiger partial charge in [0.05, 0.1) is 17.3 Å². The molecule has 22 heavy (non-hydrogen) atoms. The van der Waals surface area contributed by atoms with Crippen molar-refractivity contribution in [2.75, 3.05) is 30.9 Å². The number of hydrogen-bond donors (Lipinski definition) is 1. The van der Waals surface area contributed by atoms with Gasteiger partial charge in [0.2, 0.25) is 5.95 Å². The SMILES string of the molecule is CCNc1nc(N(C)c2ccc(OC)cc2)c2sccc2n1. The molecule has 2 heterocycles. The molecule has 1 N–H and O–H groups in total. The molecule has 0 aliphatic rings. The fourth-order valence-electron chi connectivity index (χ4n) is 2.24. The topological polar surface area (TPSA) is 50.3 Å². The molecular formula is C16H18N4OS. The summed E-state index contributed by atoms with van der Waals surface area (Å²) in [5, 5.41) is 5.23. The molecule has 0 spiro atoms. The number of fused-ring (bicyclic) bond motifs is 1. The number of rotatable bonds is 5. The van der Waals surface area contributed by atoms with Gasteiger partial charge in [-0.25, -0.2) is 4.98 Å². The first-order chi connectivity index (χ1) is 10.7. The lowest BCUT2D eigenvalue weighted by atomic mass is 10.2. The molecule has 0 saturated carbocycles. The molecule has 0 atom stereocenters. The van der Waals surface area contributed by atoms with Gasteiger partial charge in [-0.1, -0.05) is 0 Å². The maximum atomic E-state index is 5.21. The second-order valence-electron chi connectivity index (χ2n) is 4.79. The Hall–Kier alpha value is -2.34. The van der Waals surface area contributed by atoms with Crippen LogP contribution in [0.3, 0.4) is 0 Å². The van der Waals surface area contributed by atoms with Crippen molar-refractivity contribution in [1.29, 1.82) is 0 Å². The quantitative estimate of drug-likeness (QED) is 0.774. The molecule has 0 radical (unpaired) electrons. The zero-order valence-corrected chi connectivity index (χ0v) is 13.6. The van der Waals surface area contributed by atoms with E-state index in [4.69, 9.17) is 4.74 Å². The van der Waals surface area contributed by atoms with Crippen LogP contribution in [-0.2, 0) is 0 Å². The Morgan fingerprint density at radius 3 is 2.64 bits per heavy atom. The normalized spacial score (nSPS) is 10.7. The van der Waals surface area contributed by atoms with Gasteiger partial charge in [-0.05, 0) is 42.6 Å². The van der Waals surface area contributed by atoms with E-state index in [9.17, 15) is 0 Å². The van der Waals surface area contributed by atoms with Crippen LogP contribution >= 0.6 is 11.3 Å². The lowest BCUT2D eigenvalue weighted by Gasteiger charge is -2.20. The number of benzene rings is 1. The smallest absolute Gasteiger partial charge is 0.225 e. The number of methoxy groups -OCH3 is 1. The Morgan fingerprint density at radius 2 is 1.95 bits per heavy atom. The zero-order valence-electron chi connectivity index (χ0n) is 12.8. The van der Waals surface area contributed by atoms with E-state index in [-0.39, 0.29) is 0 Å². The lowest BCUT2D eigenvalue weighted by Crippen LogP contribution is -2.13. The molecule has 0 fully saturated rings. The van der Waals surface area contributed by atoms with Crippen molar-refractivity contribution in [3.05, 3.63) is 35.7 Å². The highest BCUT2D eigenvalue weighted by Gasteiger charge is 2.14. The summed E-state index contributed by atoms with van der Waals surface area (Å²) >= 11 is 1.65. The summed E-state index contributed by atoms with van der Waals surface area (Å²) in [6.45, 7) is 2.83. The van der Waals surface area contributed by atoms with E-state index in [1.165, 1.54) is 0 Å². The predicted molar refractivity (Wildman–Crippen MR) is 92.6 cm³/mol. The number of nitrogens with zero attached hydrogens (tertiary/aromatic N) is 3. The van der Waals surface area contributed by atoms with Crippen LogP contribution in [0.4, 0.5) is 17.5 Å². The minimum Gasteiger partial charge on any atom is -0.497 e. The molecular weight excluding hydrogens is 296 g/mol. The summed E-state index contributed by atoms with van der Waals surface area (Å²) in [5.74, 6) is 2.40. The molecule has 0 aliphatic heterocycles. The van der Waals surface area contributed by atoms with Gasteiger partial charge in [0.25, 0.3) is 0 Å². The van der Waals surface area contributed by atoms with Crippen molar-refractivity contribution in [2.45, 2.75) is 6.92 Å². The first-order valence-corrected chi connectivity index (χ1v) is 7.97. The van der Waals surface area contributed by atoms with Crippen LogP contribution in [0.1, 0.15) is 6.92 Å².